The predicted octanol–water partition coefficient (Wildman–Crippen LogP) is 3.15. The Labute approximate surface area is 186 Å². The van der Waals surface area contributed by atoms with Gasteiger partial charge in [0, 0.05) is 44.7 Å². The van der Waals surface area contributed by atoms with Crippen LogP contribution in [0.4, 0.5) is 13.2 Å². The number of benzene rings is 1. The van der Waals surface area contributed by atoms with Gasteiger partial charge < -0.3 is 25.2 Å². The van der Waals surface area contributed by atoms with E-state index in [9.17, 15) is 18.3 Å². The molecule has 0 spiro atoms. The summed E-state index contributed by atoms with van der Waals surface area (Å²) in [6.07, 6.45) is -3.33. The van der Waals surface area contributed by atoms with E-state index < -0.39 is 18.4 Å². The van der Waals surface area contributed by atoms with Crippen molar-refractivity contribution in [1.82, 2.24) is 10.6 Å². The minimum atomic E-state index is -4.40. The van der Waals surface area contributed by atoms with E-state index in [1.165, 1.54) is 0 Å². The molecule has 0 aromatic heterocycles. The normalized spacial score (nSPS) is 16.7. The van der Waals surface area contributed by atoms with Gasteiger partial charge in [-0.25, -0.2) is 4.99 Å². The van der Waals surface area contributed by atoms with Crippen LogP contribution in [0.2, 0.25) is 0 Å². The Kier molecular flexibility index (Phi) is 10.5. The quantitative estimate of drug-likeness (QED) is 0.287. The van der Waals surface area contributed by atoms with Crippen LogP contribution >= 0.6 is 24.0 Å². The first-order chi connectivity index (χ1) is 13.2. The van der Waals surface area contributed by atoms with Crippen LogP contribution in [0.1, 0.15) is 30.9 Å². The topological polar surface area (TPSA) is 75.1 Å². The highest BCUT2D eigenvalue weighted by Crippen LogP contribution is 2.24. The van der Waals surface area contributed by atoms with Crippen LogP contribution in [0.5, 0.6) is 5.75 Å². The molecule has 10 heteroatoms. The number of aryl methyl sites for hydroxylation is 1. The zero-order valence-electron chi connectivity index (χ0n) is 16.6. The third-order valence-electron chi connectivity index (χ3n) is 4.37. The summed E-state index contributed by atoms with van der Waals surface area (Å²) in [5.74, 6) is 0.643. The Bertz CT molecular complexity index is 666. The van der Waals surface area contributed by atoms with Crippen molar-refractivity contribution in [2.24, 2.45) is 4.99 Å². The van der Waals surface area contributed by atoms with Gasteiger partial charge >= 0.3 is 6.18 Å². The first-order valence-corrected chi connectivity index (χ1v) is 9.32. The third-order valence-corrected chi connectivity index (χ3v) is 4.37. The Morgan fingerprint density at radius 1 is 1.28 bits per heavy atom. The molecule has 1 heterocycles. The molecule has 0 atom stereocenters. The van der Waals surface area contributed by atoms with Crippen LogP contribution in [0.15, 0.2) is 23.2 Å². The van der Waals surface area contributed by atoms with E-state index in [0.29, 0.717) is 50.7 Å². The number of hydrogen-bond donors (Lipinski definition) is 3. The van der Waals surface area contributed by atoms with Gasteiger partial charge in [0.05, 0.1) is 12.1 Å². The summed E-state index contributed by atoms with van der Waals surface area (Å²) in [5, 5.41) is 16.7. The van der Waals surface area contributed by atoms with Gasteiger partial charge in [0.1, 0.15) is 5.75 Å². The third kappa shape index (κ3) is 9.39. The SMILES string of the molecule is CCNC(=NCc1ccc(C)cc1OCC(F)(F)F)NCC1(O)CCOCC1.I. The van der Waals surface area contributed by atoms with E-state index in [-0.39, 0.29) is 36.3 Å². The molecule has 1 aromatic carbocycles. The smallest absolute Gasteiger partial charge is 0.422 e. The minimum Gasteiger partial charge on any atom is -0.484 e. The summed E-state index contributed by atoms with van der Waals surface area (Å²) in [4.78, 5) is 4.42. The average molecular weight is 531 g/mol. The van der Waals surface area contributed by atoms with Crippen LogP contribution in [0, 0.1) is 6.92 Å². The number of halogens is 4. The average Bonchev–Trinajstić information content (AvgIpc) is 2.63. The fourth-order valence-electron chi connectivity index (χ4n) is 2.77. The lowest BCUT2D eigenvalue weighted by Gasteiger charge is -2.32. The summed E-state index contributed by atoms with van der Waals surface area (Å²) >= 11 is 0. The van der Waals surface area contributed by atoms with Crippen LogP contribution < -0.4 is 15.4 Å². The van der Waals surface area contributed by atoms with E-state index in [1.54, 1.807) is 25.1 Å². The molecule has 166 valence electrons. The second-order valence-corrected chi connectivity index (χ2v) is 6.90. The van der Waals surface area contributed by atoms with Crippen LogP contribution in [0.3, 0.4) is 0 Å². The van der Waals surface area contributed by atoms with Crippen molar-refractivity contribution in [1.29, 1.82) is 0 Å². The lowest BCUT2D eigenvalue weighted by Crippen LogP contribution is -2.49. The van der Waals surface area contributed by atoms with Crippen molar-refractivity contribution in [3.63, 3.8) is 0 Å². The van der Waals surface area contributed by atoms with Crippen molar-refractivity contribution in [2.45, 2.75) is 45.0 Å². The number of nitrogens with one attached hydrogen (secondary N) is 2. The molecule has 0 unspecified atom stereocenters. The van der Waals surface area contributed by atoms with Gasteiger partial charge in [0.15, 0.2) is 12.6 Å². The molecule has 1 saturated heterocycles. The highest BCUT2D eigenvalue weighted by molar-refractivity contribution is 14.0. The summed E-state index contributed by atoms with van der Waals surface area (Å²) < 4.78 is 47.7. The van der Waals surface area contributed by atoms with Gasteiger partial charge in [-0.15, -0.1) is 24.0 Å². The second kappa shape index (κ2) is 11.8. The second-order valence-electron chi connectivity index (χ2n) is 6.90. The summed E-state index contributed by atoms with van der Waals surface area (Å²) in [7, 11) is 0. The van der Waals surface area contributed by atoms with E-state index in [1.807, 2.05) is 6.92 Å². The van der Waals surface area contributed by atoms with E-state index in [0.717, 1.165) is 5.56 Å². The molecular weight excluding hydrogens is 502 g/mol. The van der Waals surface area contributed by atoms with Gasteiger partial charge in [0.25, 0.3) is 0 Å². The Balaban J connectivity index is 0.00000420. The molecule has 1 aromatic rings. The number of aliphatic imine (C=N–C) groups is 1. The van der Waals surface area contributed by atoms with E-state index in [2.05, 4.69) is 15.6 Å². The number of guanidine groups is 1. The maximum Gasteiger partial charge on any atom is 0.422 e. The maximum absolute atomic E-state index is 12.5. The zero-order chi connectivity index (χ0) is 20.6. The fourth-order valence-corrected chi connectivity index (χ4v) is 2.77. The molecule has 0 radical (unpaired) electrons. The summed E-state index contributed by atoms with van der Waals surface area (Å²) in [6, 6.07) is 5.08. The van der Waals surface area contributed by atoms with E-state index >= 15 is 0 Å². The number of ether oxygens (including phenoxy) is 2. The number of nitrogens with zero attached hydrogens (tertiary/aromatic N) is 1. The highest BCUT2D eigenvalue weighted by atomic mass is 127. The number of alkyl halides is 3. The van der Waals surface area contributed by atoms with Crippen molar-refractivity contribution in [2.75, 3.05) is 32.9 Å². The molecule has 1 aliphatic heterocycles. The van der Waals surface area contributed by atoms with Crippen LogP contribution in [0.25, 0.3) is 0 Å². The molecule has 3 N–H and O–H groups in total. The van der Waals surface area contributed by atoms with Gasteiger partial charge in [-0.3, -0.25) is 0 Å². The Morgan fingerprint density at radius 3 is 2.59 bits per heavy atom. The first-order valence-electron chi connectivity index (χ1n) is 9.32. The number of hydrogen-bond acceptors (Lipinski definition) is 4. The number of aliphatic hydroxyl groups is 1. The molecule has 0 aliphatic carbocycles. The lowest BCUT2D eigenvalue weighted by atomic mass is 9.94. The monoisotopic (exact) mass is 531 g/mol. The molecule has 1 aliphatic rings. The van der Waals surface area contributed by atoms with Crippen LogP contribution in [-0.4, -0.2) is 55.8 Å². The molecule has 6 nitrogen and oxygen atoms in total. The highest BCUT2D eigenvalue weighted by Gasteiger charge is 2.30. The van der Waals surface area contributed by atoms with Crippen molar-refractivity contribution in [3.05, 3.63) is 29.3 Å². The zero-order valence-corrected chi connectivity index (χ0v) is 19.0. The van der Waals surface area contributed by atoms with Gasteiger partial charge in [-0.2, -0.15) is 13.2 Å². The fraction of sp³-hybridized carbons (Fsp3) is 0.632. The van der Waals surface area contributed by atoms with Gasteiger partial charge in [0.2, 0.25) is 0 Å². The summed E-state index contributed by atoms with van der Waals surface area (Å²) in [5.41, 5.74) is 0.493. The van der Waals surface area contributed by atoms with Crippen molar-refractivity contribution < 1.29 is 27.8 Å². The van der Waals surface area contributed by atoms with E-state index in [4.69, 9.17) is 9.47 Å². The molecular formula is C19H29F3IN3O3. The number of rotatable bonds is 7. The lowest BCUT2D eigenvalue weighted by molar-refractivity contribution is -0.153. The van der Waals surface area contributed by atoms with Crippen molar-refractivity contribution in [3.8, 4) is 5.75 Å². The standard InChI is InChI=1S/C19H28F3N3O3.HI/c1-3-23-17(25-12-18(26)6-8-27-9-7-18)24-11-15-5-4-14(2)10-16(15)28-13-19(20,21)22;/h4-5,10,26H,3,6-9,11-13H2,1-2H3,(H2,23,24,25);1H. The molecule has 2 rings (SSSR count). The first kappa shape index (κ1) is 25.8. The largest absolute Gasteiger partial charge is 0.484 e. The Morgan fingerprint density at radius 2 is 1.97 bits per heavy atom. The van der Waals surface area contributed by atoms with Crippen molar-refractivity contribution >= 4 is 29.9 Å². The maximum atomic E-state index is 12.5. The molecule has 0 amide bonds. The molecule has 1 fully saturated rings. The van der Waals surface area contributed by atoms with Crippen LogP contribution in [-0.2, 0) is 11.3 Å². The molecule has 0 saturated carbocycles. The summed E-state index contributed by atoms with van der Waals surface area (Å²) in [6.45, 7) is 4.43. The predicted molar refractivity (Wildman–Crippen MR) is 116 cm³/mol. The Hall–Kier alpha value is -1.27. The van der Waals surface area contributed by atoms with Gasteiger partial charge in [-0.1, -0.05) is 12.1 Å². The molecule has 0 bridgehead atoms. The minimum absolute atomic E-state index is 0. The van der Waals surface area contributed by atoms with Gasteiger partial charge in [-0.05, 0) is 25.5 Å². The molecule has 29 heavy (non-hydrogen) atoms.